The lowest BCUT2D eigenvalue weighted by molar-refractivity contribution is -0.121. The lowest BCUT2D eigenvalue weighted by Crippen LogP contribution is -2.35. The van der Waals surface area contributed by atoms with Crippen molar-refractivity contribution >= 4 is 21.6 Å². The first-order valence-electron chi connectivity index (χ1n) is 9.59. The van der Waals surface area contributed by atoms with Gasteiger partial charge in [-0.2, -0.15) is 0 Å². The zero-order chi connectivity index (χ0) is 20.0. The van der Waals surface area contributed by atoms with Crippen molar-refractivity contribution in [3.63, 3.8) is 0 Å². The van der Waals surface area contributed by atoms with Crippen molar-refractivity contribution in [1.29, 1.82) is 0 Å². The van der Waals surface area contributed by atoms with E-state index in [2.05, 4.69) is 10.0 Å². The molecule has 0 saturated heterocycles. The fourth-order valence-electron chi connectivity index (χ4n) is 3.41. The monoisotopic (exact) mass is 404 g/mol. The first-order chi connectivity index (χ1) is 13.4. The van der Waals surface area contributed by atoms with E-state index >= 15 is 0 Å². The highest BCUT2D eigenvalue weighted by Crippen LogP contribution is 2.19. The Morgan fingerprint density at radius 1 is 0.929 bits per heavy atom. The number of sulfonamides is 1. The normalized spacial score (nSPS) is 15.6. The molecule has 1 saturated carbocycles. The van der Waals surface area contributed by atoms with Crippen molar-refractivity contribution in [1.82, 2.24) is 5.32 Å². The van der Waals surface area contributed by atoms with Crippen LogP contribution in [0.1, 0.15) is 44.1 Å². The van der Waals surface area contributed by atoms with E-state index in [0.717, 1.165) is 43.4 Å². The van der Waals surface area contributed by atoms with E-state index in [1.165, 1.54) is 25.0 Å². The largest absolute Gasteiger partial charge is 0.353 e. The van der Waals surface area contributed by atoms with Crippen molar-refractivity contribution in [2.75, 3.05) is 4.72 Å². The van der Waals surface area contributed by atoms with Crippen LogP contribution in [0.15, 0.2) is 53.4 Å². The van der Waals surface area contributed by atoms with Crippen LogP contribution in [0.4, 0.5) is 10.1 Å². The van der Waals surface area contributed by atoms with Crippen LogP contribution in [0.5, 0.6) is 0 Å². The minimum atomic E-state index is -3.78. The quantitative estimate of drug-likeness (QED) is 0.715. The highest BCUT2D eigenvalue weighted by molar-refractivity contribution is 7.92. The Balaban J connectivity index is 1.57. The summed E-state index contributed by atoms with van der Waals surface area (Å²) < 4.78 is 40.1. The van der Waals surface area contributed by atoms with Crippen LogP contribution < -0.4 is 10.0 Å². The van der Waals surface area contributed by atoms with E-state index in [0.29, 0.717) is 5.69 Å². The Kier molecular flexibility index (Phi) is 6.67. The van der Waals surface area contributed by atoms with Gasteiger partial charge in [-0.05, 0) is 54.8 Å². The van der Waals surface area contributed by atoms with E-state index in [9.17, 15) is 17.6 Å². The lowest BCUT2D eigenvalue weighted by atomic mass is 10.1. The van der Waals surface area contributed by atoms with Crippen LogP contribution in [0.3, 0.4) is 0 Å². The Hall–Kier alpha value is -2.41. The van der Waals surface area contributed by atoms with Gasteiger partial charge >= 0.3 is 0 Å². The molecule has 1 amide bonds. The van der Waals surface area contributed by atoms with Gasteiger partial charge < -0.3 is 5.32 Å². The molecular formula is C21H25FN2O3S. The Labute approximate surface area is 165 Å². The van der Waals surface area contributed by atoms with Gasteiger partial charge in [0.05, 0.1) is 11.3 Å². The second kappa shape index (κ2) is 9.19. The van der Waals surface area contributed by atoms with E-state index in [-0.39, 0.29) is 23.3 Å². The van der Waals surface area contributed by atoms with Crippen LogP contribution in [0.25, 0.3) is 0 Å². The minimum absolute atomic E-state index is 0.00783. The summed E-state index contributed by atoms with van der Waals surface area (Å²) in [7, 11) is -3.78. The average Bonchev–Trinajstić information content (AvgIpc) is 2.92. The van der Waals surface area contributed by atoms with Gasteiger partial charge in [0.15, 0.2) is 0 Å². The second-order valence-electron chi connectivity index (χ2n) is 7.19. The molecule has 2 aromatic carbocycles. The van der Waals surface area contributed by atoms with E-state index < -0.39 is 15.8 Å². The van der Waals surface area contributed by atoms with Crippen LogP contribution in [-0.4, -0.2) is 20.4 Å². The van der Waals surface area contributed by atoms with Crippen LogP contribution in [-0.2, 0) is 21.2 Å². The molecule has 28 heavy (non-hydrogen) atoms. The van der Waals surface area contributed by atoms with Gasteiger partial charge in [0.2, 0.25) is 5.91 Å². The summed E-state index contributed by atoms with van der Waals surface area (Å²) in [6.45, 7) is 0. The summed E-state index contributed by atoms with van der Waals surface area (Å²) in [6, 6.07) is 11.6. The molecule has 2 N–H and O–H groups in total. The Bertz CT molecular complexity index is 888. The van der Waals surface area contributed by atoms with Crippen LogP contribution >= 0.6 is 0 Å². The minimum Gasteiger partial charge on any atom is -0.353 e. The number of amides is 1. The third-order valence-electron chi connectivity index (χ3n) is 4.92. The number of carbonyl (C=O) groups excluding carboxylic acids is 1. The molecule has 1 aliphatic carbocycles. The molecule has 0 spiro atoms. The van der Waals surface area contributed by atoms with Gasteiger partial charge in [-0.3, -0.25) is 9.52 Å². The lowest BCUT2D eigenvalue weighted by Gasteiger charge is -2.16. The summed E-state index contributed by atoms with van der Waals surface area (Å²) >= 11 is 0. The summed E-state index contributed by atoms with van der Waals surface area (Å²) in [5.74, 6) is -0.503. The number of anilines is 1. The zero-order valence-corrected chi connectivity index (χ0v) is 16.5. The molecule has 0 aromatic heterocycles. The Morgan fingerprint density at radius 2 is 1.54 bits per heavy atom. The second-order valence-corrected chi connectivity index (χ2v) is 8.87. The number of nitrogens with one attached hydrogen (secondary N) is 2. The molecule has 0 aliphatic heterocycles. The molecule has 3 rings (SSSR count). The van der Waals surface area contributed by atoms with Crippen molar-refractivity contribution in [3.8, 4) is 0 Å². The number of hydrogen-bond acceptors (Lipinski definition) is 3. The van der Waals surface area contributed by atoms with E-state index in [1.54, 1.807) is 24.3 Å². The first kappa shape index (κ1) is 20.3. The number of halogens is 1. The molecule has 0 radical (unpaired) electrons. The summed E-state index contributed by atoms with van der Waals surface area (Å²) in [4.78, 5) is 12.3. The fourth-order valence-corrected chi connectivity index (χ4v) is 4.46. The summed E-state index contributed by atoms with van der Waals surface area (Å²) in [5, 5.41) is 3.11. The smallest absolute Gasteiger partial charge is 0.261 e. The van der Waals surface area contributed by atoms with Crippen molar-refractivity contribution < 1.29 is 17.6 Å². The highest BCUT2D eigenvalue weighted by Gasteiger charge is 2.16. The molecule has 1 aliphatic rings. The molecule has 5 nitrogen and oxygen atoms in total. The molecular weight excluding hydrogens is 379 g/mol. The third kappa shape index (κ3) is 5.79. The van der Waals surface area contributed by atoms with Gasteiger partial charge in [-0.15, -0.1) is 0 Å². The number of benzene rings is 2. The Morgan fingerprint density at radius 3 is 2.14 bits per heavy atom. The average molecular weight is 405 g/mol. The van der Waals surface area contributed by atoms with Gasteiger partial charge in [-0.25, -0.2) is 12.8 Å². The summed E-state index contributed by atoms with van der Waals surface area (Å²) in [6.07, 6.45) is 7.14. The molecule has 2 aromatic rings. The molecule has 0 bridgehead atoms. The topological polar surface area (TPSA) is 75.3 Å². The van der Waals surface area contributed by atoms with Crippen molar-refractivity contribution in [2.45, 2.75) is 55.9 Å². The van der Waals surface area contributed by atoms with Gasteiger partial charge in [0.1, 0.15) is 5.82 Å². The summed E-state index contributed by atoms with van der Waals surface area (Å²) in [5.41, 5.74) is 1.20. The molecule has 7 heteroatoms. The maximum Gasteiger partial charge on any atom is 0.261 e. The van der Waals surface area contributed by atoms with Crippen molar-refractivity contribution in [2.24, 2.45) is 0 Å². The van der Waals surface area contributed by atoms with E-state index in [4.69, 9.17) is 0 Å². The third-order valence-corrected chi connectivity index (χ3v) is 6.31. The molecule has 0 atom stereocenters. The predicted octanol–water partition coefficient (Wildman–Crippen LogP) is 4.01. The number of rotatable bonds is 6. The molecule has 150 valence electrons. The molecule has 0 unspecified atom stereocenters. The SMILES string of the molecule is O=C(Cc1ccc(NS(=O)(=O)c2ccc(F)cc2)cc1)NC1CCCCCC1. The van der Waals surface area contributed by atoms with Crippen LogP contribution in [0.2, 0.25) is 0 Å². The van der Waals surface area contributed by atoms with Gasteiger partial charge in [0, 0.05) is 11.7 Å². The standard InChI is InChI=1S/C21H25FN2O3S/c22-17-9-13-20(14-10-17)28(26,27)24-19-11-7-16(8-12-19)15-21(25)23-18-5-3-1-2-4-6-18/h7-14,18,24H,1-6,15H2,(H,23,25). The molecule has 0 heterocycles. The number of hydrogen-bond donors (Lipinski definition) is 2. The maximum atomic E-state index is 13.0. The van der Waals surface area contributed by atoms with Gasteiger partial charge in [0.25, 0.3) is 10.0 Å². The maximum absolute atomic E-state index is 13.0. The van der Waals surface area contributed by atoms with Gasteiger partial charge in [-0.1, -0.05) is 37.8 Å². The predicted molar refractivity (Wildman–Crippen MR) is 107 cm³/mol. The van der Waals surface area contributed by atoms with Crippen LogP contribution in [0, 0.1) is 5.82 Å². The first-order valence-corrected chi connectivity index (χ1v) is 11.1. The fraction of sp³-hybridized carbons (Fsp3) is 0.381. The van der Waals surface area contributed by atoms with E-state index in [1.807, 2.05) is 0 Å². The molecule has 1 fully saturated rings. The highest BCUT2D eigenvalue weighted by atomic mass is 32.2. The number of carbonyl (C=O) groups is 1. The van der Waals surface area contributed by atoms with Crippen molar-refractivity contribution in [3.05, 3.63) is 59.9 Å². The zero-order valence-electron chi connectivity index (χ0n) is 15.7.